The summed E-state index contributed by atoms with van der Waals surface area (Å²) in [6.07, 6.45) is -0.404. The minimum Gasteiger partial charge on any atom is -0.478 e. The predicted octanol–water partition coefficient (Wildman–Crippen LogP) is 0.304. The zero-order valence-electron chi connectivity index (χ0n) is 10.2. The molecular formula is C12H15FN2O4. The summed E-state index contributed by atoms with van der Waals surface area (Å²) in [5.41, 5.74) is 5.38. The van der Waals surface area contributed by atoms with Gasteiger partial charge in [-0.3, -0.25) is 0 Å². The van der Waals surface area contributed by atoms with Crippen molar-refractivity contribution in [3.63, 3.8) is 0 Å². The Morgan fingerprint density at radius 2 is 2.32 bits per heavy atom. The standard InChI is InChI=1S/C12H15FN2O4/c13-9-4-10(14)8(12(17)18)3-11(9)15-1-2-19-7(5-15)6-16/h3-4,7,16H,1-2,5-6,14H2,(H,17,18). The molecule has 19 heavy (non-hydrogen) atoms. The summed E-state index contributed by atoms with van der Waals surface area (Å²) in [6, 6.07) is 2.22. The van der Waals surface area contributed by atoms with E-state index in [2.05, 4.69) is 0 Å². The third kappa shape index (κ3) is 2.77. The van der Waals surface area contributed by atoms with Crippen LogP contribution in [0.3, 0.4) is 0 Å². The first kappa shape index (κ1) is 13.6. The molecule has 0 aliphatic carbocycles. The Labute approximate surface area is 109 Å². The van der Waals surface area contributed by atoms with E-state index < -0.39 is 17.9 Å². The molecule has 6 nitrogen and oxygen atoms in total. The first-order valence-corrected chi connectivity index (χ1v) is 5.82. The Balaban J connectivity index is 2.33. The van der Waals surface area contributed by atoms with E-state index in [1.54, 1.807) is 4.90 Å². The minimum absolute atomic E-state index is 0.110. The van der Waals surface area contributed by atoms with Crippen LogP contribution in [0, 0.1) is 5.82 Å². The maximum Gasteiger partial charge on any atom is 0.337 e. The number of nitrogen functional groups attached to an aromatic ring is 1. The van der Waals surface area contributed by atoms with Gasteiger partial charge in [0.2, 0.25) is 0 Å². The number of anilines is 2. The molecule has 0 saturated carbocycles. The van der Waals surface area contributed by atoms with Crippen molar-refractivity contribution in [3.8, 4) is 0 Å². The van der Waals surface area contributed by atoms with E-state index >= 15 is 0 Å². The van der Waals surface area contributed by atoms with E-state index in [1.807, 2.05) is 0 Å². The van der Waals surface area contributed by atoms with Crippen molar-refractivity contribution in [1.82, 2.24) is 0 Å². The van der Waals surface area contributed by atoms with Crippen LogP contribution in [-0.2, 0) is 4.74 Å². The number of ether oxygens (including phenoxy) is 1. The number of hydrogen-bond donors (Lipinski definition) is 3. The van der Waals surface area contributed by atoms with E-state index in [0.717, 1.165) is 6.07 Å². The van der Waals surface area contributed by atoms with Gasteiger partial charge in [0.25, 0.3) is 0 Å². The van der Waals surface area contributed by atoms with Gasteiger partial charge < -0.3 is 25.6 Å². The molecule has 104 valence electrons. The van der Waals surface area contributed by atoms with Gasteiger partial charge in [-0.2, -0.15) is 0 Å². The van der Waals surface area contributed by atoms with Crippen LogP contribution in [0.1, 0.15) is 10.4 Å². The van der Waals surface area contributed by atoms with E-state index in [0.29, 0.717) is 19.7 Å². The van der Waals surface area contributed by atoms with Crippen LogP contribution in [0.2, 0.25) is 0 Å². The fourth-order valence-electron chi connectivity index (χ4n) is 2.05. The molecule has 1 aliphatic rings. The number of aliphatic hydroxyl groups excluding tert-OH is 1. The van der Waals surface area contributed by atoms with Crippen molar-refractivity contribution in [2.45, 2.75) is 6.10 Å². The van der Waals surface area contributed by atoms with Gasteiger partial charge >= 0.3 is 5.97 Å². The van der Waals surface area contributed by atoms with Crippen LogP contribution in [0.5, 0.6) is 0 Å². The normalized spacial score (nSPS) is 19.5. The molecule has 1 aliphatic heterocycles. The van der Waals surface area contributed by atoms with Gasteiger partial charge in [0.15, 0.2) is 0 Å². The van der Waals surface area contributed by atoms with Crippen molar-refractivity contribution in [1.29, 1.82) is 0 Å². The first-order valence-electron chi connectivity index (χ1n) is 5.82. The molecule has 1 atom stereocenters. The Bertz CT molecular complexity index is 495. The SMILES string of the molecule is Nc1cc(F)c(N2CCOC(CO)C2)cc1C(=O)O. The van der Waals surface area contributed by atoms with E-state index in [-0.39, 0.29) is 23.5 Å². The zero-order valence-corrected chi connectivity index (χ0v) is 10.2. The van der Waals surface area contributed by atoms with Crippen LogP contribution in [0.25, 0.3) is 0 Å². The molecule has 1 aromatic carbocycles. The average Bonchev–Trinajstić information content (AvgIpc) is 2.38. The molecule has 7 heteroatoms. The highest BCUT2D eigenvalue weighted by molar-refractivity contribution is 5.95. The third-order valence-electron chi connectivity index (χ3n) is 3.03. The number of morpholine rings is 1. The second kappa shape index (κ2) is 5.41. The number of aliphatic hydroxyl groups is 1. The van der Waals surface area contributed by atoms with Gasteiger partial charge in [-0.15, -0.1) is 0 Å². The largest absolute Gasteiger partial charge is 0.478 e. The van der Waals surface area contributed by atoms with Gasteiger partial charge in [0.1, 0.15) is 5.82 Å². The number of benzene rings is 1. The van der Waals surface area contributed by atoms with Crippen LogP contribution in [-0.4, -0.2) is 48.6 Å². The summed E-state index contributed by atoms with van der Waals surface area (Å²) in [4.78, 5) is 12.6. The monoisotopic (exact) mass is 270 g/mol. The molecule has 1 heterocycles. The lowest BCUT2D eigenvalue weighted by atomic mass is 10.1. The molecule has 0 aromatic heterocycles. The highest BCUT2D eigenvalue weighted by Gasteiger charge is 2.24. The molecule has 0 radical (unpaired) electrons. The minimum atomic E-state index is -1.20. The van der Waals surface area contributed by atoms with Gasteiger partial charge in [-0.1, -0.05) is 0 Å². The average molecular weight is 270 g/mol. The zero-order chi connectivity index (χ0) is 14.0. The third-order valence-corrected chi connectivity index (χ3v) is 3.03. The Hall–Kier alpha value is -1.86. The van der Waals surface area contributed by atoms with Gasteiger partial charge in [-0.25, -0.2) is 9.18 Å². The second-order valence-corrected chi connectivity index (χ2v) is 4.32. The molecule has 0 spiro atoms. The fourth-order valence-corrected chi connectivity index (χ4v) is 2.05. The van der Waals surface area contributed by atoms with Gasteiger partial charge in [0.05, 0.1) is 30.6 Å². The highest BCUT2D eigenvalue weighted by Crippen LogP contribution is 2.27. The topological polar surface area (TPSA) is 96.0 Å². The second-order valence-electron chi connectivity index (χ2n) is 4.32. The van der Waals surface area contributed by atoms with Crippen molar-refractivity contribution < 1.29 is 24.1 Å². The number of hydrogen-bond acceptors (Lipinski definition) is 5. The summed E-state index contributed by atoms with van der Waals surface area (Å²) < 4.78 is 19.2. The summed E-state index contributed by atoms with van der Waals surface area (Å²) >= 11 is 0. The molecule has 1 fully saturated rings. The summed E-state index contributed by atoms with van der Waals surface area (Å²) in [5.74, 6) is -1.79. The Morgan fingerprint density at radius 3 is 2.95 bits per heavy atom. The summed E-state index contributed by atoms with van der Waals surface area (Å²) in [5, 5.41) is 18.0. The van der Waals surface area contributed by atoms with Crippen molar-refractivity contribution in [3.05, 3.63) is 23.5 Å². The lowest BCUT2D eigenvalue weighted by Gasteiger charge is -2.34. The molecule has 4 N–H and O–H groups in total. The predicted molar refractivity (Wildman–Crippen MR) is 66.8 cm³/mol. The number of carbonyl (C=O) groups is 1. The van der Waals surface area contributed by atoms with Gasteiger partial charge in [-0.05, 0) is 12.1 Å². The molecule has 1 aromatic rings. The Morgan fingerprint density at radius 1 is 1.58 bits per heavy atom. The van der Waals surface area contributed by atoms with E-state index in [9.17, 15) is 9.18 Å². The molecular weight excluding hydrogens is 255 g/mol. The van der Waals surface area contributed by atoms with Crippen LogP contribution in [0.4, 0.5) is 15.8 Å². The summed E-state index contributed by atoms with van der Waals surface area (Å²) in [7, 11) is 0. The molecule has 0 bridgehead atoms. The lowest BCUT2D eigenvalue weighted by Crippen LogP contribution is -2.44. The first-order chi connectivity index (χ1) is 9.02. The highest BCUT2D eigenvalue weighted by atomic mass is 19.1. The number of rotatable bonds is 3. The number of halogens is 1. The molecule has 1 saturated heterocycles. The molecule has 2 rings (SSSR count). The number of carboxylic acids is 1. The maximum absolute atomic E-state index is 13.9. The number of aromatic carboxylic acids is 1. The number of nitrogens with two attached hydrogens (primary N) is 1. The van der Waals surface area contributed by atoms with Gasteiger partial charge in [0, 0.05) is 18.8 Å². The van der Waals surface area contributed by atoms with Crippen LogP contribution >= 0.6 is 0 Å². The van der Waals surface area contributed by atoms with Crippen LogP contribution < -0.4 is 10.6 Å². The van der Waals surface area contributed by atoms with Crippen molar-refractivity contribution >= 4 is 17.3 Å². The maximum atomic E-state index is 13.9. The van der Waals surface area contributed by atoms with Crippen LogP contribution in [0.15, 0.2) is 12.1 Å². The van der Waals surface area contributed by atoms with Crippen molar-refractivity contribution in [2.24, 2.45) is 0 Å². The molecule has 1 unspecified atom stereocenters. The molecule has 0 amide bonds. The van der Waals surface area contributed by atoms with Crippen molar-refractivity contribution in [2.75, 3.05) is 36.9 Å². The Kier molecular flexibility index (Phi) is 3.87. The smallest absolute Gasteiger partial charge is 0.337 e. The van der Waals surface area contributed by atoms with E-state index in [4.69, 9.17) is 20.7 Å². The lowest BCUT2D eigenvalue weighted by molar-refractivity contribution is 0.00340. The summed E-state index contributed by atoms with van der Waals surface area (Å²) in [6.45, 7) is 0.906. The van der Waals surface area contributed by atoms with E-state index in [1.165, 1.54) is 6.07 Å². The fraction of sp³-hybridized carbons (Fsp3) is 0.417. The number of carboxylic acid groups (broad SMARTS) is 1. The quantitative estimate of drug-likeness (QED) is 0.684. The number of nitrogens with zero attached hydrogens (tertiary/aromatic N) is 1.